The van der Waals surface area contributed by atoms with E-state index < -0.39 is 0 Å². The molecule has 0 aromatic heterocycles. The fraction of sp³-hybridized carbons (Fsp3) is 0.286. The minimum atomic E-state index is -0.250. The van der Waals surface area contributed by atoms with Crippen molar-refractivity contribution in [2.24, 2.45) is 0 Å². The van der Waals surface area contributed by atoms with Crippen molar-refractivity contribution < 1.29 is 21.7 Å². The summed E-state index contributed by atoms with van der Waals surface area (Å²) in [4.78, 5) is 0. The molecule has 3 aromatic carbocycles. The first-order valence-corrected chi connectivity index (χ1v) is 9.23. The van der Waals surface area contributed by atoms with Crippen molar-refractivity contribution >= 4 is 31.1 Å². The van der Waals surface area contributed by atoms with E-state index in [0.717, 1.165) is 9.52 Å². The quantitative estimate of drug-likeness (QED) is 0.293. The molecule has 0 bridgehead atoms. The Morgan fingerprint density at radius 2 is 1.04 bits per heavy atom. The van der Waals surface area contributed by atoms with Crippen LogP contribution < -0.4 is 0 Å². The summed E-state index contributed by atoms with van der Waals surface area (Å²) in [5.74, 6) is 0. The molecule has 24 heavy (non-hydrogen) atoms. The number of hydrogen-bond donors (Lipinski definition) is 0. The van der Waals surface area contributed by atoms with Crippen LogP contribution in [0.25, 0.3) is 27.3 Å². The molecule has 0 amide bonds. The number of benzene rings is 2. The molecule has 0 saturated carbocycles. The van der Waals surface area contributed by atoms with Gasteiger partial charge in [-0.05, 0) is 0 Å². The fourth-order valence-electron chi connectivity index (χ4n) is 1.90. The van der Waals surface area contributed by atoms with Gasteiger partial charge in [0.05, 0.1) is 0 Å². The van der Waals surface area contributed by atoms with Gasteiger partial charge in [0.15, 0.2) is 0 Å². The largest absolute Gasteiger partial charge is 4.00 e. The van der Waals surface area contributed by atoms with Crippen LogP contribution in [0.3, 0.4) is 0 Å². The second-order valence-corrected chi connectivity index (χ2v) is 7.07. The summed E-state index contributed by atoms with van der Waals surface area (Å²) >= 11 is 0. The minimum Gasteiger partial charge on any atom is -0.673 e. The van der Waals surface area contributed by atoms with Crippen molar-refractivity contribution in [3.63, 3.8) is 0 Å². The van der Waals surface area contributed by atoms with Gasteiger partial charge in [0, 0.05) is 9.52 Å². The van der Waals surface area contributed by atoms with Gasteiger partial charge in [-0.3, -0.25) is 0 Å². The SMILES string of the molecule is CC(C)(C)[NH-].C[Si]C.[CH3-].[CH3-].[Ti+4].c1ccc2c(c1)[cH-]c1ccccc12. The number of nitrogens with one attached hydrogen (secondary N) is 1. The predicted octanol–water partition coefficient (Wildman–Crippen LogP) is 7.23. The topological polar surface area (TPSA) is 23.8 Å². The van der Waals surface area contributed by atoms with Crippen LogP contribution in [0.15, 0.2) is 54.6 Å². The molecule has 0 aliphatic heterocycles. The van der Waals surface area contributed by atoms with Gasteiger partial charge in [-0.2, -0.15) is 0 Å². The summed E-state index contributed by atoms with van der Waals surface area (Å²) < 4.78 is 0. The van der Waals surface area contributed by atoms with E-state index in [-0.39, 0.29) is 42.1 Å². The van der Waals surface area contributed by atoms with E-state index in [1.165, 1.54) is 21.5 Å². The smallest absolute Gasteiger partial charge is 0.673 e. The molecule has 3 aromatic rings. The molecule has 0 fully saturated rings. The zero-order valence-corrected chi connectivity index (χ0v) is 18.8. The van der Waals surface area contributed by atoms with Gasteiger partial charge in [0.25, 0.3) is 0 Å². The van der Waals surface area contributed by atoms with E-state index in [4.69, 9.17) is 5.73 Å². The van der Waals surface area contributed by atoms with Crippen LogP contribution in [0.5, 0.6) is 0 Å². The Hall–Kier alpha value is -0.799. The van der Waals surface area contributed by atoms with Crippen molar-refractivity contribution in [2.45, 2.75) is 39.4 Å². The van der Waals surface area contributed by atoms with Crippen LogP contribution in [0.2, 0.25) is 13.1 Å². The van der Waals surface area contributed by atoms with Gasteiger partial charge in [-0.1, -0.05) is 70.3 Å². The maximum atomic E-state index is 6.94. The third-order valence-corrected chi connectivity index (χ3v) is 2.52. The zero-order valence-electron chi connectivity index (χ0n) is 16.2. The van der Waals surface area contributed by atoms with Crippen LogP contribution in [0.4, 0.5) is 0 Å². The molecule has 0 saturated heterocycles. The Bertz CT molecular complexity index is 612. The fourth-order valence-corrected chi connectivity index (χ4v) is 1.90. The molecular weight excluding hydrogens is 342 g/mol. The molecule has 3 heteroatoms. The van der Waals surface area contributed by atoms with E-state index in [1.807, 2.05) is 20.8 Å². The first kappa shape index (κ1) is 28.0. The monoisotopic (exact) mass is 373 g/mol. The summed E-state index contributed by atoms with van der Waals surface area (Å²) in [6.07, 6.45) is 0. The van der Waals surface area contributed by atoms with Gasteiger partial charge < -0.3 is 20.6 Å². The second-order valence-electron chi connectivity index (χ2n) is 6.07. The Labute approximate surface area is 167 Å². The maximum Gasteiger partial charge on any atom is 4.00 e. The molecule has 2 radical (unpaired) electrons. The van der Waals surface area contributed by atoms with Crippen molar-refractivity contribution in [1.82, 2.24) is 0 Å². The molecule has 0 spiro atoms. The van der Waals surface area contributed by atoms with Crippen LogP contribution in [0, 0.1) is 14.9 Å². The molecular formula is C21H31NSiTi. The molecule has 0 aliphatic carbocycles. The van der Waals surface area contributed by atoms with Gasteiger partial charge in [0.1, 0.15) is 0 Å². The van der Waals surface area contributed by atoms with Gasteiger partial charge in [-0.25, -0.2) is 0 Å². The zero-order chi connectivity index (χ0) is 15.9. The second kappa shape index (κ2) is 13.5. The first-order chi connectivity index (χ1) is 9.86. The van der Waals surface area contributed by atoms with E-state index in [0.29, 0.717) is 0 Å². The summed E-state index contributed by atoms with van der Waals surface area (Å²) in [5.41, 5.74) is 6.69. The summed E-state index contributed by atoms with van der Waals surface area (Å²) in [6.45, 7) is 9.87. The molecule has 0 atom stereocenters. The van der Waals surface area contributed by atoms with Gasteiger partial charge in [-0.15, -0.1) is 45.3 Å². The molecule has 0 heterocycles. The number of rotatable bonds is 0. The Kier molecular flexibility index (Phi) is 15.7. The standard InChI is InChI=1S/C13H9.C4H10N.C2H6Si.2CH3.Ti/c1-3-7-12-10(5-1)9-11-6-2-4-8-13(11)12;1-4(2,3)5;1-3-2;;;/h1-9H;5H,1-3H3;1-2H3;2*1H3;/q2*-1;;2*-1;+4. The average molecular weight is 373 g/mol. The van der Waals surface area contributed by atoms with Crippen molar-refractivity contribution in [3.8, 4) is 0 Å². The van der Waals surface area contributed by atoms with Crippen LogP contribution in [-0.4, -0.2) is 15.1 Å². The maximum absolute atomic E-state index is 6.94. The molecule has 1 N–H and O–H groups in total. The first-order valence-electron chi connectivity index (χ1n) is 7.23. The minimum absolute atomic E-state index is 0. The van der Waals surface area contributed by atoms with Crippen LogP contribution in [-0.2, 0) is 21.7 Å². The summed E-state index contributed by atoms with van der Waals surface area (Å²) in [5, 5.41) is 5.39. The third-order valence-electron chi connectivity index (χ3n) is 2.52. The molecule has 0 aliphatic rings. The summed E-state index contributed by atoms with van der Waals surface area (Å²) in [6, 6.07) is 19.3. The summed E-state index contributed by atoms with van der Waals surface area (Å²) in [7, 11) is 1.08. The molecule has 128 valence electrons. The number of fused-ring (bicyclic) bond motifs is 3. The van der Waals surface area contributed by atoms with Crippen LogP contribution in [0.1, 0.15) is 20.8 Å². The van der Waals surface area contributed by atoms with Crippen LogP contribution >= 0.6 is 0 Å². The van der Waals surface area contributed by atoms with E-state index in [9.17, 15) is 0 Å². The molecule has 0 unspecified atom stereocenters. The van der Waals surface area contributed by atoms with Crippen molar-refractivity contribution in [2.75, 3.05) is 0 Å². The average Bonchev–Trinajstić information content (AvgIpc) is 2.76. The van der Waals surface area contributed by atoms with Crippen molar-refractivity contribution in [3.05, 3.63) is 75.2 Å². The Balaban J connectivity index is -0.000000351. The predicted molar refractivity (Wildman–Crippen MR) is 111 cm³/mol. The number of hydrogen-bond acceptors (Lipinski definition) is 0. The van der Waals surface area contributed by atoms with E-state index in [1.54, 1.807) is 0 Å². The molecule has 1 nitrogen and oxygen atoms in total. The Morgan fingerprint density at radius 3 is 1.33 bits per heavy atom. The Morgan fingerprint density at radius 1 is 0.792 bits per heavy atom. The van der Waals surface area contributed by atoms with E-state index in [2.05, 4.69) is 67.7 Å². The third kappa shape index (κ3) is 10.1. The van der Waals surface area contributed by atoms with Gasteiger partial charge in [0.2, 0.25) is 0 Å². The normalized spacial score (nSPS) is 9.25. The van der Waals surface area contributed by atoms with E-state index >= 15 is 0 Å². The van der Waals surface area contributed by atoms with Gasteiger partial charge >= 0.3 is 21.7 Å². The molecule has 3 rings (SSSR count). The van der Waals surface area contributed by atoms with Crippen molar-refractivity contribution in [1.29, 1.82) is 0 Å².